The van der Waals surface area contributed by atoms with E-state index in [2.05, 4.69) is 12.1 Å². The molecule has 0 saturated heterocycles. The number of ether oxygens (including phenoxy) is 1. The molecule has 1 aliphatic carbocycles. The fourth-order valence-electron chi connectivity index (χ4n) is 3.13. The highest BCUT2D eigenvalue weighted by Crippen LogP contribution is 2.24. The van der Waals surface area contributed by atoms with E-state index < -0.39 is 6.10 Å². The van der Waals surface area contributed by atoms with Crippen molar-refractivity contribution >= 4 is 16.6 Å². The number of methoxy groups -OCH3 is 1. The van der Waals surface area contributed by atoms with Crippen LogP contribution in [0.4, 0.5) is 0 Å². The average molecular weight is 310 g/mol. The highest BCUT2D eigenvalue weighted by Gasteiger charge is 2.19. The normalized spacial score (nSPS) is 19.6. The lowest BCUT2D eigenvalue weighted by Gasteiger charge is -2.09. The van der Waals surface area contributed by atoms with Crippen molar-refractivity contribution in [2.45, 2.75) is 31.8 Å². The number of ketones is 1. The first-order valence-corrected chi connectivity index (χ1v) is 8.09. The molecule has 1 unspecified atom stereocenters. The molecule has 1 fully saturated rings. The molecule has 0 heterocycles. The van der Waals surface area contributed by atoms with Crippen molar-refractivity contribution in [1.82, 2.24) is 0 Å². The van der Waals surface area contributed by atoms with Crippen LogP contribution in [0.2, 0.25) is 0 Å². The Bertz CT molecular complexity index is 733. The summed E-state index contributed by atoms with van der Waals surface area (Å²) in [6.07, 6.45) is 6.10. The summed E-state index contributed by atoms with van der Waals surface area (Å²) in [4.78, 5) is 11.3. The zero-order valence-corrected chi connectivity index (χ0v) is 13.4. The van der Waals surface area contributed by atoms with Crippen LogP contribution in [0.25, 0.3) is 10.8 Å². The second-order valence-corrected chi connectivity index (χ2v) is 6.25. The highest BCUT2D eigenvalue weighted by atomic mass is 16.5. The Hall–Kier alpha value is -2.13. The molecule has 2 atom stereocenters. The van der Waals surface area contributed by atoms with Gasteiger partial charge in [0.2, 0.25) is 0 Å². The fourth-order valence-corrected chi connectivity index (χ4v) is 3.13. The van der Waals surface area contributed by atoms with Gasteiger partial charge in [-0.05, 0) is 40.8 Å². The molecule has 0 aromatic heterocycles. The summed E-state index contributed by atoms with van der Waals surface area (Å²) < 4.78 is 5.26. The quantitative estimate of drug-likeness (QED) is 0.857. The van der Waals surface area contributed by atoms with Crippen LogP contribution in [0, 0.1) is 5.92 Å². The maximum absolute atomic E-state index is 11.3. The summed E-state index contributed by atoms with van der Waals surface area (Å²) in [6, 6.07) is 12.2. The van der Waals surface area contributed by atoms with E-state index >= 15 is 0 Å². The second kappa shape index (κ2) is 6.97. The van der Waals surface area contributed by atoms with Gasteiger partial charge >= 0.3 is 0 Å². The van der Waals surface area contributed by atoms with Crippen molar-refractivity contribution in [3.63, 3.8) is 0 Å². The highest BCUT2D eigenvalue weighted by molar-refractivity contribution is 5.84. The smallest absolute Gasteiger partial charge is 0.133 e. The van der Waals surface area contributed by atoms with Crippen LogP contribution in [-0.2, 0) is 11.2 Å². The third-order valence-electron chi connectivity index (χ3n) is 4.45. The summed E-state index contributed by atoms with van der Waals surface area (Å²) in [5, 5.41) is 12.5. The van der Waals surface area contributed by atoms with Crippen molar-refractivity contribution in [3.8, 4) is 5.75 Å². The minimum atomic E-state index is -0.520. The van der Waals surface area contributed by atoms with Crippen molar-refractivity contribution < 1.29 is 14.6 Å². The van der Waals surface area contributed by atoms with Gasteiger partial charge in [-0.15, -0.1) is 0 Å². The molecule has 2 aromatic carbocycles. The predicted molar refractivity (Wildman–Crippen MR) is 91.7 cm³/mol. The zero-order valence-electron chi connectivity index (χ0n) is 13.4. The van der Waals surface area contributed by atoms with Crippen molar-refractivity contribution in [3.05, 3.63) is 54.1 Å². The molecular formula is C20H22O3. The lowest BCUT2D eigenvalue weighted by Crippen LogP contribution is -2.07. The molecular weight excluding hydrogens is 288 g/mol. The SMILES string of the molecule is COc1ccc2ccc(CC(O)/C=C/[C@H]3CCC(=O)C3)cc2c1. The third-order valence-corrected chi connectivity index (χ3v) is 4.45. The van der Waals surface area contributed by atoms with E-state index in [4.69, 9.17) is 4.74 Å². The molecule has 120 valence electrons. The Balaban J connectivity index is 1.68. The standard InChI is InChI=1S/C20H22O3/c1-23-20-9-6-16-5-2-15(10-17(16)13-20)12-19(22)8-4-14-3-7-18(21)11-14/h2,4-6,8-10,13-14,19,22H,3,7,11-12H2,1H3/b8-4+/t14-,19?/m1/s1. The van der Waals surface area contributed by atoms with Crippen molar-refractivity contribution in [1.29, 1.82) is 0 Å². The summed E-state index contributed by atoms with van der Waals surface area (Å²) in [5.74, 6) is 1.47. The van der Waals surface area contributed by atoms with Gasteiger partial charge in [0.25, 0.3) is 0 Å². The average Bonchev–Trinajstić information content (AvgIpc) is 2.97. The van der Waals surface area contributed by atoms with Crippen LogP contribution >= 0.6 is 0 Å². The van der Waals surface area contributed by atoms with Gasteiger partial charge in [0.15, 0.2) is 0 Å². The molecule has 3 rings (SSSR count). The summed E-state index contributed by atoms with van der Waals surface area (Å²) in [5.41, 5.74) is 1.09. The van der Waals surface area contributed by atoms with E-state index in [0.717, 1.165) is 28.5 Å². The van der Waals surface area contributed by atoms with Crippen LogP contribution in [0.5, 0.6) is 5.75 Å². The van der Waals surface area contributed by atoms with Crippen LogP contribution in [0.3, 0.4) is 0 Å². The van der Waals surface area contributed by atoms with Crippen LogP contribution in [0.1, 0.15) is 24.8 Å². The number of aliphatic hydroxyl groups excluding tert-OH is 1. The Morgan fingerprint density at radius 1 is 1.26 bits per heavy atom. The van der Waals surface area contributed by atoms with Gasteiger partial charge in [-0.25, -0.2) is 0 Å². The number of hydrogen-bond acceptors (Lipinski definition) is 3. The zero-order chi connectivity index (χ0) is 16.2. The van der Waals surface area contributed by atoms with E-state index in [9.17, 15) is 9.90 Å². The molecule has 1 aliphatic rings. The van der Waals surface area contributed by atoms with Crippen LogP contribution in [-0.4, -0.2) is 24.1 Å². The molecule has 2 aromatic rings. The first-order valence-electron chi connectivity index (χ1n) is 8.09. The van der Waals surface area contributed by atoms with Crippen molar-refractivity contribution in [2.24, 2.45) is 5.92 Å². The second-order valence-electron chi connectivity index (χ2n) is 6.25. The van der Waals surface area contributed by atoms with Crippen molar-refractivity contribution in [2.75, 3.05) is 7.11 Å². The number of hydrogen-bond donors (Lipinski definition) is 1. The van der Waals surface area contributed by atoms with Gasteiger partial charge in [0.1, 0.15) is 11.5 Å². The molecule has 0 spiro atoms. The molecule has 0 radical (unpaired) electrons. The number of fused-ring (bicyclic) bond motifs is 1. The summed E-state index contributed by atoms with van der Waals surface area (Å²) in [6.45, 7) is 0. The van der Waals surface area contributed by atoms with Gasteiger partial charge in [-0.1, -0.05) is 36.4 Å². The summed E-state index contributed by atoms with van der Waals surface area (Å²) in [7, 11) is 1.66. The minimum Gasteiger partial charge on any atom is -0.497 e. The molecule has 1 N–H and O–H groups in total. The first kappa shape index (κ1) is 15.8. The Morgan fingerprint density at radius 3 is 2.83 bits per heavy atom. The molecule has 1 saturated carbocycles. The Kier molecular flexibility index (Phi) is 4.77. The van der Waals surface area contributed by atoms with Gasteiger partial charge in [0, 0.05) is 19.3 Å². The number of carbonyl (C=O) groups is 1. The monoisotopic (exact) mass is 310 g/mol. The number of benzene rings is 2. The van der Waals surface area contributed by atoms with E-state index in [1.165, 1.54) is 0 Å². The lowest BCUT2D eigenvalue weighted by atomic mass is 10.0. The number of Topliss-reactive ketones (excluding diaryl/α,β-unsaturated/α-hetero) is 1. The minimum absolute atomic E-state index is 0.304. The molecule has 0 amide bonds. The third kappa shape index (κ3) is 3.99. The van der Waals surface area contributed by atoms with Gasteiger partial charge in [0.05, 0.1) is 13.2 Å². The number of rotatable bonds is 5. The largest absolute Gasteiger partial charge is 0.497 e. The van der Waals surface area contributed by atoms with E-state index in [1.54, 1.807) is 7.11 Å². The van der Waals surface area contributed by atoms with Crippen LogP contribution < -0.4 is 4.74 Å². The number of carbonyl (C=O) groups excluding carboxylic acids is 1. The summed E-state index contributed by atoms with van der Waals surface area (Å²) >= 11 is 0. The molecule has 3 nitrogen and oxygen atoms in total. The maximum atomic E-state index is 11.3. The first-order chi connectivity index (χ1) is 11.1. The molecule has 23 heavy (non-hydrogen) atoms. The van der Waals surface area contributed by atoms with Gasteiger partial charge < -0.3 is 9.84 Å². The Labute approximate surface area is 136 Å². The lowest BCUT2D eigenvalue weighted by molar-refractivity contribution is -0.117. The van der Waals surface area contributed by atoms with E-state index in [1.807, 2.05) is 36.4 Å². The molecule has 0 aliphatic heterocycles. The van der Waals surface area contributed by atoms with E-state index in [-0.39, 0.29) is 0 Å². The maximum Gasteiger partial charge on any atom is 0.133 e. The Morgan fingerprint density at radius 2 is 2.09 bits per heavy atom. The molecule has 3 heteroatoms. The van der Waals surface area contributed by atoms with Gasteiger partial charge in [-0.3, -0.25) is 4.79 Å². The topological polar surface area (TPSA) is 46.5 Å². The van der Waals surface area contributed by atoms with Crippen LogP contribution in [0.15, 0.2) is 48.6 Å². The fraction of sp³-hybridized carbons (Fsp3) is 0.350. The van der Waals surface area contributed by atoms with E-state index in [0.29, 0.717) is 31.0 Å². The predicted octanol–water partition coefficient (Wildman–Crippen LogP) is 3.68. The van der Waals surface area contributed by atoms with Gasteiger partial charge in [-0.2, -0.15) is 0 Å². The molecule has 0 bridgehead atoms. The number of aliphatic hydroxyl groups is 1. The number of allylic oxidation sites excluding steroid dienone is 1.